The fourth-order valence-corrected chi connectivity index (χ4v) is 1.44. The Morgan fingerprint density at radius 3 is 2.33 bits per heavy atom. The van der Waals surface area contributed by atoms with Gasteiger partial charge in [0.25, 0.3) is 0 Å². The fraction of sp³-hybridized carbons (Fsp3) is 0.538. The summed E-state index contributed by atoms with van der Waals surface area (Å²) < 4.78 is 41.7. The summed E-state index contributed by atoms with van der Waals surface area (Å²) in [6.45, 7) is 5.05. The molecule has 102 valence electrons. The van der Waals surface area contributed by atoms with Crippen molar-refractivity contribution in [2.75, 3.05) is 19.8 Å². The van der Waals surface area contributed by atoms with Crippen molar-refractivity contribution in [2.24, 2.45) is 0 Å². The SMILES string of the molecule is CCOC(CCOc1ccc(F)cc1F)OCC. The van der Waals surface area contributed by atoms with E-state index in [0.29, 0.717) is 19.6 Å². The van der Waals surface area contributed by atoms with Crippen molar-refractivity contribution in [3.63, 3.8) is 0 Å². The predicted molar refractivity (Wildman–Crippen MR) is 63.5 cm³/mol. The second-order valence-electron chi connectivity index (χ2n) is 3.55. The number of rotatable bonds is 8. The van der Waals surface area contributed by atoms with Crippen molar-refractivity contribution < 1.29 is 23.0 Å². The van der Waals surface area contributed by atoms with Crippen molar-refractivity contribution in [3.8, 4) is 5.75 Å². The Kier molecular flexibility index (Phi) is 6.60. The molecular formula is C13H18F2O3. The lowest BCUT2D eigenvalue weighted by Crippen LogP contribution is -2.20. The lowest BCUT2D eigenvalue weighted by Gasteiger charge is -2.17. The second kappa shape index (κ2) is 8.00. The number of hydrogen-bond acceptors (Lipinski definition) is 3. The summed E-state index contributed by atoms with van der Waals surface area (Å²) in [6, 6.07) is 3.21. The van der Waals surface area contributed by atoms with Gasteiger partial charge in [0, 0.05) is 25.7 Å². The molecule has 18 heavy (non-hydrogen) atoms. The average molecular weight is 260 g/mol. The quantitative estimate of drug-likeness (QED) is 0.672. The third-order valence-corrected chi connectivity index (χ3v) is 2.21. The van der Waals surface area contributed by atoms with Gasteiger partial charge < -0.3 is 14.2 Å². The van der Waals surface area contributed by atoms with E-state index in [-0.39, 0.29) is 18.6 Å². The first-order valence-corrected chi connectivity index (χ1v) is 5.98. The minimum Gasteiger partial charge on any atom is -0.490 e. The largest absolute Gasteiger partial charge is 0.490 e. The van der Waals surface area contributed by atoms with Gasteiger partial charge in [0.2, 0.25) is 0 Å². The molecular weight excluding hydrogens is 242 g/mol. The van der Waals surface area contributed by atoms with Gasteiger partial charge >= 0.3 is 0 Å². The van der Waals surface area contributed by atoms with Gasteiger partial charge in [0.1, 0.15) is 5.82 Å². The predicted octanol–water partition coefficient (Wildman–Crippen LogP) is 3.13. The van der Waals surface area contributed by atoms with E-state index in [1.807, 2.05) is 13.8 Å². The molecule has 0 aliphatic heterocycles. The number of halogens is 2. The molecule has 0 spiro atoms. The second-order valence-corrected chi connectivity index (χ2v) is 3.55. The van der Waals surface area contributed by atoms with Gasteiger partial charge in [-0.15, -0.1) is 0 Å². The molecule has 3 nitrogen and oxygen atoms in total. The summed E-state index contributed by atoms with van der Waals surface area (Å²) >= 11 is 0. The van der Waals surface area contributed by atoms with E-state index < -0.39 is 11.6 Å². The van der Waals surface area contributed by atoms with E-state index in [4.69, 9.17) is 14.2 Å². The lowest BCUT2D eigenvalue weighted by atomic mass is 10.3. The Labute approximate surface area is 106 Å². The van der Waals surface area contributed by atoms with Crippen LogP contribution in [0.5, 0.6) is 5.75 Å². The zero-order chi connectivity index (χ0) is 13.4. The summed E-state index contributed by atoms with van der Waals surface area (Å²) in [5, 5.41) is 0. The minimum absolute atomic E-state index is 0.0307. The highest BCUT2D eigenvalue weighted by Gasteiger charge is 2.09. The Morgan fingerprint density at radius 2 is 1.78 bits per heavy atom. The molecule has 0 unspecified atom stereocenters. The van der Waals surface area contributed by atoms with Gasteiger partial charge in [-0.3, -0.25) is 0 Å². The Hall–Kier alpha value is -1.20. The monoisotopic (exact) mass is 260 g/mol. The fourth-order valence-electron chi connectivity index (χ4n) is 1.44. The van der Waals surface area contributed by atoms with Crippen LogP contribution in [-0.4, -0.2) is 26.1 Å². The van der Waals surface area contributed by atoms with Crippen LogP contribution >= 0.6 is 0 Å². The zero-order valence-electron chi connectivity index (χ0n) is 10.6. The van der Waals surface area contributed by atoms with Gasteiger partial charge in [-0.05, 0) is 26.0 Å². The van der Waals surface area contributed by atoms with Gasteiger partial charge in [-0.2, -0.15) is 0 Å². The summed E-state index contributed by atoms with van der Waals surface area (Å²) in [6.07, 6.45) is 0.127. The Balaban J connectivity index is 2.39. The van der Waals surface area contributed by atoms with Crippen LogP contribution in [0.2, 0.25) is 0 Å². The molecule has 0 saturated carbocycles. The van der Waals surface area contributed by atoms with Crippen LogP contribution in [0.3, 0.4) is 0 Å². The molecule has 0 amide bonds. The first kappa shape index (κ1) is 14.9. The van der Waals surface area contributed by atoms with Crippen LogP contribution in [0.1, 0.15) is 20.3 Å². The Bertz CT molecular complexity index is 352. The van der Waals surface area contributed by atoms with E-state index >= 15 is 0 Å². The summed E-state index contributed by atoms with van der Waals surface area (Å²) in [5.41, 5.74) is 0. The maximum Gasteiger partial charge on any atom is 0.167 e. The van der Waals surface area contributed by atoms with Gasteiger partial charge in [-0.1, -0.05) is 0 Å². The van der Waals surface area contributed by atoms with Crippen LogP contribution in [0, 0.1) is 11.6 Å². The molecule has 1 aromatic rings. The number of hydrogen-bond donors (Lipinski definition) is 0. The maximum absolute atomic E-state index is 13.2. The van der Waals surface area contributed by atoms with E-state index in [0.717, 1.165) is 12.1 Å². The van der Waals surface area contributed by atoms with Crippen molar-refractivity contribution in [2.45, 2.75) is 26.6 Å². The molecule has 0 aliphatic carbocycles. The standard InChI is InChI=1S/C13H18F2O3/c1-3-16-13(17-4-2)7-8-18-12-6-5-10(14)9-11(12)15/h5-6,9,13H,3-4,7-8H2,1-2H3. The topological polar surface area (TPSA) is 27.7 Å². The van der Waals surface area contributed by atoms with Crippen LogP contribution in [0.25, 0.3) is 0 Å². The van der Waals surface area contributed by atoms with Gasteiger partial charge in [0.05, 0.1) is 6.61 Å². The molecule has 0 atom stereocenters. The third kappa shape index (κ3) is 4.98. The van der Waals surface area contributed by atoms with Gasteiger partial charge in [0.15, 0.2) is 17.9 Å². The normalized spacial score (nSPS) is 10.9. The van der Waals surface area contributed by atoms with Crippen molar-refractivity contribution >= 4 is 0 Å². The first-order valence-electron chi connectivity index (χ1n) is 5.98. The van der Waals surface area contributed by atoms with Crippen LogP contribution in [0.15, 0.2) is 18.2 Å². The van der Waals surface area contributed by atoms with E-state index in [2.05, 4.69) is 0 Å². The van der Waals surface area contributed by atoms with Gasteiger partial charge in [-0.25, -0.2) is 8.78 Å². The van der Waals surface area contributed by atoms with E-state index in [1.54, 1.807) is 0 Å². The average Bonchev–Trinajstić information content (AvgIpc) is 2.32. The molecule has 5 heteroatoms. The molecule has 0 bridgehead atoms. The maximum atomic E-state index is 13.2. The minimum atomic E-state index is -0.709. The summed E-state index contributed by atoms with van der Waals surface area (Å²) in [7, 11) is 0. The molecule has 0 radical (unpaired) electrons. The number of ether oxygens (including phenoxy) is 3. The van der Waals surface area contributed by atoms with Crippen LogP contribution in [0.4, 0.5) is 8.78 Å². The molecule has 0 N–H and O–H groups in total. The third-order valence-electron chi connectivity index (χ3n) is 2.21. The molecule has 0 saturated heterocycles. The van der Waals surface area contributed by atoms with E-state index in [9.17, 15) is 8.78 Å². The summed E-state index contributed by atoms with van der Waals surface area (Å²) in [5.74, 6) is -1.30. The molecule has 0 heterocycles. The van der Waals surface area contributed by atoms with Crippen molar-refractivity contribution in [3.05, 3.63) is 29.8 Å². The highest BCUT2D eigenvalue weighted by Crippen LogP contribution is 2.18. The molecule has 0 fully saturated rings. The number of benzene rings is 1. The molecule has 0 aliphatic rings. The van der Waals surface area contributed by atoms with E-state index in [1.165, 1.54) is 6.07 Å². The van der Waals surface area contributed by atoms with Crippen LogP contribution < -0.4 is 4.74 Å². The Morgan fingerprint density at radius 1 is 1.11 bits per heavy atom. The molecule has 1 aromatic carbocycles. The summed E-state index contributed by atoms with van der Waals surface area (Å²) in [4.78, 5) is 0. The lowest BCUT2D eigenvalue weighted by molar-refractivity contribution is -0.142. The van der Waals surface area contributed by atoms with Crippen LogP contribution in [-0.2, 0) is 9.47 Å². The highest BCUT2D eigenvalue weighted by atomic mass is 19.1. The highest BCUT2D eigenvalue weighted by molar-refractivity contribution is 5.24. The zero-order valence-corrected chi connectivity index (χ0v) is 10.6. The molecule has 0 aromatic heterocycles. The van der Waals surface area contributed by atoms with Crippen molar-refractivity contribution in [1.82, 2.24) is 0 Å². The van der Waals surface area contributed by atoms with Crippen molar-refractivity contribution in [1.29, 1.82) is 0 Å². The smallest absolute Gasteiger partial charge is 0.167 e. The molecule has 1 rings (SSSR count). The first-order chi connectivity index (χ1) is 8.67.